The molecule has 0 unspecified atom stereocenters. The lowest BCUT2D eigenvalue weighted by molar-refractivity contribution is -0.121. The van der Waals surface area contributed by atoms with Gasteiger partial charge in [0, 0.05) is 6.42 Å². The highest BCUT2D eigenvalue weighted by atomic mass is 32.1. The Morgan fingerprint density at radius 1 is 0.957 bits per heavy atom. The Morgan fingerprint density at radius 3 is 2.22 bits per heavy atom. The number of hydrogen-bond acceptors (Lipinski definition) is 2. The molecule has 23 heavy (non-hydrogen) atoms. The topological polar surface area (TPSA) is 29.1 Å². The second kappa shape index (κ2) is 6.01. The monoisotopic (exact) mass is 319 g/mol. The molecule has 3 heteroatoms. The van der Waals surface area contributed by atoms with Crippen LogP contribution in [0, 0.1) is 0 Å². The lowest BCUT2D eigenvalue weighted by Crippen LogP contribution is -2.28. The zero-order chi connectivity index (χ0) is 15.6. The molecule has 0 fully saturated rings. The molecule has 1 aliphatic rings. The number of aryl methyl sites for hydroxylation is 1. The van der Waals surface area contributed by atoms with E-state index in [0.717, 1.165) is 6.42 Å². The second-order valence-corrected chi connectivity index (χ2v) is 6.59. The molecule has 1 aliphatic carbocycles. The van der Waals surface area contributed by atoms with E-state index in [0.29, 0.717) is 6.42 Å². The third-order valence-corrected chi connectivity index (χ3v) is 5.09. The van der Waals surface area contributed by atoms with Crippen LogP contribution in [0.5, 0.6) is 0 Å². The third-order valence-electron chi connectivity index (χ3n) is 4.36. The molecule has 0 spiro atoms. The summed E-state index contributed by atoms with van der Waals surface area (Å²) >= 11 is 1.67. The fourth-order valence-corrected chi connectivity index (χ4v) is 3.94. The predicted octanol–water partition coefficient (Wildman–Crippen LogP) is 4.57. The highest BCUT2D eigenvalue weighted by Crippen LogP contribution is 2.42. The van der Waals surface area contributed by atoms with Crippen LogP contribution < -0.4 is 5.32 Å². The fraction of sp³-hybridized carbons (Fsp3) is 0.150. The number of benzene rings is 2. The van der Waals surface area contributed by atoms with Gasteiger partial charge >= 0.3 is 0 Å². The van der Waals surface area contributed by atoms with E-state index in [1.807, 2.05) is 12.1 Å². The van der Waals surface area contributed by atoms with Gasteiger partial charge in [0.2, 0.25) is 5.91 Å². The van der Waals surface area contributed by atoms with Crippen molar-refractivity contribution in [3.8, 4) is 11.1 Å². The van der Waals surface area contributed by atoms with E-state index < -0.39 is 0 Å². The van der Waals surface area contributed by atoms with Crippen molar-refractivity contribution >= 4 is 17.2 Å². The number of rotatable bonds is 4. The summed E-state index contributed by atoms with van der Waals surface area (Å²) < 4.78 is 0. The molecule has 1 N–H and O–H groups in total. The van der Waals surface area contributed by atoms with E-state index in [-0.39, 0.29) is 11.9 Å². The number of hydrogen-bond donors (Lipinski definition) is 1. The van der Waals surface area contributed by atoms with Gasteiger partial charge in [-0.1, -0.05) is 48.5 Å². The first-order valence-corrected chi connectivity index (χ1v) is 8.76. The second-order valence-electron chi connectivity index (χ2n) is 5.81. The summed E-state index contributed by atoms with van der Waals surface area (Å²) in [7, 11) is 0. The molecule has 0 saturated heterocycles. The van der Waals surface area contributed by atoms with Crippen LogP contribution in [0.25, 0.3) is 11.1 Å². The molecule has 114 valence electrons. The quantitative estimate of drug-likeness (QED) is 0.750. The van der Waals surface area contributed by atoms with E-state index >= 15 is 0 Å². The van der Waals surface area contributed by atoms with Gasteiger partial charge in [-0.05, 0) is 51.1 Å². The third kappa shape index (κ3) is 2.68. The van der Waals surface area contributed by atoms with Gasteiger partial charge in [-0.25, -0.2) is 0 Å². The maximum Gasteiger partial charge on any atom is 0.221 e. The maximum atomic E-state index is 12.4. The van der Waals surface area contributed by atoms with E-state index in [1.165, 1.54) is 27.8 Å². The van der Waals surface area contributed by atoms with Crippen molar-refractivity contribution < 1.29 is 4.79 Å². The van der Waals surface area contributed by atoms with Gasteiger partial charge in [0.15, 0.2) is 0 Å². The van der Waals surface area contributed by atoms with Crippen LogP contribution in [0.3, 0.4) is 0 Å². The van der Waals surface area contributed by atoms with E-state index in [1.54, 1.807) is 11.3 Å². The molecule has 0 bridgehead atoms. The van der Waals surface area contributed by atoms with Gasteiger partial charge in [0.25, 0.3) is 0 Å². The van der Waals surface area contributed by atoms with Gasteiger partial charge in [0.1, 0.15) is 0 Å². The Morgan fingerprint density at radius 2 is 1.61 bits per heavy atom. The molecule has 1 heterocycles. The van der Waals surface area contributed by atoms with Crippen molar-refractivity contribution in [2.45, 2.75) is 18.9 Å². The van der Waals surface area contributed by atoms with Crippen molar-refractivity contribution in [2.24, 2.45) is 0 Å². The Labute approximate surface area is 139 Å². The molecule has 0 saturated carbocycles. The number of nitrogens with one attached hydrogen (secondary N) is 1. The number of carbonyl (C=O) groups excluding carboxylic acids is 1. The number of fused-ring (bicyclic) bond motifs is 3. The molecule has 1 aromatic heterocycles. The van der Waals surface area contributed by atoms with Gasteiger partial charge in [-0.2, -0.15) is 11.3 Å². The largest absolute Gasteiger partial charge is 0.345 e. The summed E-state index contributed by atoms with van der Waals surface area (Å²) in [6.07, 6.45) is 1.32. The Bertz CT molecular complexity index is 793. The van der Waals surface area contributed by atoms with Crippen molar-refractivity contribution in [1.82, 2.24) is 5.32 Å². The molecule has 1 amide bonds. The highest BCUT2D eigenvalue weighted by molar-refractivity contribution is 7.07. The first-order valence-electron chi connectivity index (χ1n) is 7.81. The van der Waals surface area contributed by atoms with Gasteiger partial charge in [0.05, 0.1) is 6.04 Å². The van der Waals surface area contributed by atoms with Crippen LogP contribution in [-0.4, -0.2) is 5.91 Å². The standard InChI is InChI=1S/C20H17NOS/c22-19(10-9-14-11-12-23-13-14)21-20-17-7-3-1-5-15(17)16-6-2-4-8-18(16)20/h1-8,11-13,20H,9-10H2,(H,21,22). The smallest absolute Gasteiger partial charge is 0.221 e. The van der Waals surface area contributed by atoms with E-state index in [4.69, 9.17) is 0 Å². The highest BCUT2D eigenvalue weighted by Gasteiger charge is 2.28. The minimum absolute atomic E-state index is 0.0302. The summed E-state index contributed by atoms with van der Waals surface area (Å²) in [6, 6.07) is 18.7. The Kier molecular flexibility index (Phi) is 3.72. The van der Waals surface area contributed by atoms with Crippen molar-refractivity contribution in [3.63, 3.8) is 0 Å². The maximum absolute atomic E-state index is 12.4. The zero-order valence-electron chi connectivity index (χ0n) is 12.7. The van der Waals surface area contributed by atoms with Crippen LogP contribution in [0.1, 0.15) is 29.2 Å². The van der Waals surface area contributed by atoms with Crippen LogP contribution in [-0.2, 0) is 11.2 Å². The van der Waals surface area contributed by atoms with Gasteiger partial charge in [-0.3, -0.25) is 4.79 Å². The Balaban J connectivity index is 1.55. The van der Waals surface area contributed by atoms with Crippen molar-refractivity contribution in [1.29, 1.82) is 0 Å². The molecule has 2 aromatic carbocycles. The lowest BCUT2D eigenvalue weighted by atomic mass is 10.0. The molecular formula is C20H17NOS. The molecule has 0 atom stereocenters. The summed E-state index contributed by atoms with van der Waals surface area (Å²) in [5.74, 6) is 0.104. The summed E-state index contributed by atoms with van der Waals surface area (Å²) in [5, 5.41) is 7.38. The average molecular weight is 319 g/mol. The van der Waals surface area contributed by atoms with E-state index in [2.05, 4.69) is 58.5 Å². The van der Waals surface area contributed by atoms with Crippen LogP contribution in [0.15, 0.2) is 65.4 Å². The molecule has 3 aromatic rings. The number of thiophene rings is 1. The lowest BCUT2D eigenvalue weighted by Gasteiger charge is -2.15. The van der Waals surface area contributed by atoms with Crippen LogP contribution in [0.2, 0.25) is 0 Å². The number of amides is 1. The first kappa shape index (κ1) is 14.2. The minimum Gasteiger partial charge on any atom is -0.345 e. The van der Waals surface area contributed by atoms with Crippen LogP contribution in [0.4, 0.5) is 0 Å². The summed E-state index contributed by atoms with van der Waals surface area (Å²) in [5.41, 5.74) is 6.07. The molecule has 0 radical (unpaired) electrons. The Hall–Kier alpha value is -2.39. The predicted molar refractivity (Wildman–Crippen MR) is 94.5 cm³/mol. The zero-order valence-corrected chi connectivity index (χ0v) is 13.5. The SMILES string of the molecule is O=C(CCc1ccsc1)NC1c2ccccc2-c2ccccc21. The van der Waals surface area contributed by atoms with Crippen molar-refractivity contribution in [3.05, 3.63) is 82.0 Å². The fourth-order valence-electron chi connectivity index (χ4n) is 3.24. The molecular weight excluding hydrogens is 302 g/mol. The normalized spacial score (nSPS) is 12.7. The first-order chi connectivity index (χ1) is 11.3. The van der Waals surface area contributed by atoms with Crippen LogP contribution >= 0.6 is 11.3 Å². The van der Waals surface area contributed by atoms with Gasteiger partial charge < -0.3 is 5.32 Å². The van der Waals surface area contributed by atoms with E-state index in [9.17, 15) is 4.79 Å². The average Bonchev–Trinajstić information content (AvgIpc) is 3.21. The molecule has 0 aliphatic heterocycles. The minimum atomic E-state index is -0.0302. The number of carbonyl (C=O) groups is 1. The molecule has 2 nitrogen and oxygen atoms in total. The van der Waals surface area contributed by atoms with Crippen molar-refractivity contribution in [2.75, 3.05) is 0 Å². The summed E-state index contributed by atoms with van der Waals surface area (Å²) in [4.78, 5) is 12.4. The molecule has 4 rings (SSSR count). The summed E-state index contributed by atoms with van der Waals surface area (Å²) in [6.45, 7) is 0. The van der Waals surface area contributed by atoms with Gasteiger partial charge in [-0.15, -0.1) is 0 Å².